The molecule has 0 aliphatic carbocycles. The molecule has 2 atom stereocenters. The van der Waals surface area contributed by atoms with Crippen molar-refractivity contribution in [2.45, 2.75) is 39.7 Å². The average Bonchev–Trinajstić information content (AvgIpc) is 3.08. The highest BCUT2D eigenvalue weighted by atomic mass is 16.2. The van der Waals surface area contributed by atoms with Gasteiger partial charge in [0, 0.05) is 45.6 Å². The third-order valence-electron chi connectivity index (χ3n) is 5.78. The van der Waals surface area contributed by atoms with Crippen LogP contribution in [0.4, 0.5) is 0 Å². The molecule has 0 N–H and O–H groups in total. The molecular weight excluding hydrogens is 354 g/mol. The largest absolute Gasteiger partial charge is 0.339 e. The molecule has 1 aromatic carbocycles. The first kappa shape index (κ1) is 20.4. The highest BCUT2D eigenvalue weighted by Gasteiger charge is 2.39. The molecule has 2 saturated heterocycles. The van der Waals surface area contributed by atoms with E-state index in [2.05, 4.69) is 0 Å². The molecule has 2 fully saturated rings. The average molecular weight is 386 g/mol. The number of piperazine rings is 1. The lowest BCUT2D eigenvalue weighted by molar-refractivity contribution is -0.142. The van der Waals surface area contributed by atoms with Gasteiger partial charge in [-0.25, -0.2) is 0 Å². The molecule has 0 aromatic heterocycles. The molecule has 2 aliphatic heterocycles. The predicted octanol–water partition coefficient (Wildman–Crippen LogP) is 2.31. The van der Waals surface area contributed by atoms with E-state index >= 15 is 0 Å². The topological polar surface area (TPSA) is 60.9 Å². The fourth-order valence-electron chi connectivity index (χ4n) is 4.10. The van der Waals surface area contributed by atoms with E-state index in [1.807, 2.05) is 65.8 Å². The molecule has 0 radical (unpaired) electrons. The predicted molar refractivity (Wildman–Crippen MR) is 107 cm³/mol. The van der Waals surface area contributed by atoms with E-state index in [1.165, 1.54) is 0 Å². The standard InChI is InChI=1S/C22H31N3O3/c1-16(2)13-20(26)23-9-11-24(12-10-23)22(28)19-14-21(27)25(15-19)17(3)18-7-5-4-6-8-18/h4-8,16-17,19H,9-15H2,1-3H3. The van der Waals surface area contributed by atoms with Gasteiger partial charge in [0.15, 0.2) is 0 Å². The van der Waals surface area contributed by atoms with Crippen molar-refractivity contribution in [1.29, 1.82) is 0 Å². The number of likely N-dealkylation sites (tertiary alicyclic amines) is 1. The van der Waals surface area contributed by atoms with Crippen molar-refractivity contribution in [3.8, 4) is 0 Å². The number of benzene rings is 1. The Labute approximate surface area is 167 Å². The van der Waals surface area contributed by atoms with Crippen LogP contribution >= 0.6 is 0 Å². The number of carbonyl (C=O) groups is 3. The zero-order valence-electron chi connectivity index (χ0n) is 17.1. The zero-order valence-corrected chi connectivity index (χ0v) is 17.1. The van der Waals surface area contributed by atoms with Crippen LogP contribution in [0.2, 0.25) is 0 Å². The van der Waals surface area contributed by atoms with Gasteiger partial charge < -0.3 is 14.7 Å². The van der Waals surface area contributed by atoms with E-state index in [-0.39, 0.29) is 36.1 Å². The van der Waals surface area contributed by atoms with Crippen LogP contribution in [0.5, 0.6) is 0 Å². The van der Waals surface area contributed by atoms with Gasteiger partial charge in [-0.1, -0.05) is 44.2 Å². The molecule has 2 aliphatic rings. The third-order valence-corrected chi connectivity index (χ3v) is 5.78. The van der Waals surface area contributed by atoms with Gasteiger partial charge in [0.1, 0.15) is 0 Å². The quantitative estimate of drug-likeness (QED) is 0.781. The van der Waals surface area contributed by atoms with Crippen molar-refractivity contribution in [2.75, 3.05) is 32.7 Å². The van der Waals surface area contributed by atoms with Crippen molar-refractivity contribution < 1.29 is 14.4 Å². The lowest BCUT2D eigenvalue weighted by Crippen LogP contribution is -2.52. The molecule has 28 heavy (non-hydrogen) atoms. The monoisotopic (exact) mass is 385 g/mol. The lowest BCUT2D eigenvalue weighted by atomic mass is 10.1. The van der Waals surface area contributed by atoms with Gasteiger partial charge in [0.25, 0.3) is 0 Å². The van der Waals surface area contributed by atoms with E-state index in [0.717, 1.165) is 5.56 Å². The molecule has 3 rings (SSSR count). The lowest BCUT2D eigenvalue weighted by Gasteiger charge is -2.36. The number of amides is 3. The molecule has 1 aromatic rings. The Morgan fingerprint density at radius 1 is 1.00 bits per heavy atom. The van der Waals surface area contributed by atoms with Gasteiger partial charge in [-0.05, 0) is 18.4 Å². The van der Waals surface area contributed by atoms with Crippen molar-refractivity contribution in [1.82, 2.24) is 14.7 Å². The maximum atomic E-state index is 12.9. The smallest absolute Gasteiger partial charge is 0.228 e. The Balaban J connectivity index is 1.55. The fourth-order valence-corrected chi connectivity index (χ4v) is 4.10. The van der Waals surface area contributed by atoms with Gasteiger partial charge in [-0.3, -0.25) is 14.4 Å². The highest BCUT2D eigenvalue weighted by molar-refractivity contribution is 5.89. The fraction of sp³-hybridized carbons (Fsp3) is 0.591. The second kappa shape index (κ2) is 8.76. The first-order valence-electron chi connectivity index (χ1n) is 10.3. The molecule has 2 heterocycles. The molecule has 6 heteroatoms. The van der Waals surface area contributed by atoms with Gasteiger partial charge in [0.2, 0.25) is 17.7 Å². The van der Waals surface area contributed by atoms with Crippen molar-refractivity contribution in [3.63, 3.8) is 0 Å². The molecule has 152 valence electrons. The van der Waals surface area contributed by atoms with Gasteiger partial charge in [-0.15, -0.1) is 0 Å². The van der Waals surface area contributed by atoms with Gasteiger partial charge >= 0.3 is 0 Å². The summed E-state index contributed by atoms with van der Waals surface area (Å²) >= 11 is 0. The zero-order chi connectivity index (χ0) is 20.3. The van der Waals surface area contributed by atoms with Crippen LogP contribution in [0.3, 0.4) is 0 Å². The second-order valence-electron chi connectivity index (χ2n) is 8.34. The SMILES string of the molecule is CC(C)CC(=O)N1CCN(C(=O)C2CC(=O)N(C(C)c3ccccc3)C2)CC1. The second-order valence-corrected chi connectivity index (χ2v) is 8.34. The number of nitrogens with zero attached hydrogens (tertiary/aromatic N) is 3. The number of hydrogen-bond donors (Lipinski definition) is 0. The van der Waals surface area contributed by atoms with Crippen LogP contribution in [0.25, 0.3) is 0 Å². The summed E-state index contributed by atoms with van der Waals surface area (Å²) < 4.78 is 0. The maximum absolute atomic E-state index is 12.9. The van der Waals surface area contributed by atoms with E-state index < -0.39 is 0 Å². The number of rotatable bonds is 5. The summed E-state index contributed by atoms with van der Waals surface area (Å²) in [5, 5.41) is 0. The first-order chi connectivity index (χ1) is 13.4. The molecule has 0 saturated carbocycles. The van der Waals surface area contributed by atoms with Crippen LogP contribution in [-0.4, -0.2) is 65.1 Å². The van der Waals surface area contributed by atoms with Crippen LogP contribution < -0.4 is 0 Å². The van der Waals surface area contributed by atoms with Crippen molar-refractivity contribution in [3.05, 3.63) is 35.9 Å². The number of carbonyl (C=O) groups excluding carboxylic acids is 3. The molecule has 6 nitrogen and oxygen atoms in total. The van der Waals surface area contributed by atoms with E-state index in [1.54, 1.807) is 0 Å². The van der Waals surface area contributed by atoms with E-state index in [4.69, 9.17) is 0 Å². The Morgan fingerprint density at radius 2 is 1.61 bits per heavy atom. The molecule has 0 spiro atoms. The third kappa shape index (κ3) is 4.54. The summed E-state index contributed by atoms with van der Waals surface area (Å²) in [6.45, 7) is 8.85. The van der Waals surface area contributed by atoms with Crippen molar-refractivity contribution in [2.24, 2.45) is 11.8 Å². The van der Waals surface area contributed by atoms with Gasteiger partial charge in [0.05, 0.1) is 12.0 Å². The summed E-state index contributed by atoms with van der Waals surface area (Å²) in [4.78, 5) is 43.2. The summed E-state index contributed by atoms with van der Waals surface area (Å²) in [7, 11) is 0. The Bertz CT molecular complexity index is 711. The number of hydrogen-bond acceptors (Lipinski definition) is 3. The summed E-state index contributed by atoms with van der Waals surface area (Å²) in [5.74, 6) is 0.319. The summed E-state index contributed by atoms with van der Waals surface area (Å²) in [6, 6.07) is 9.89. The molecule has 2 unspecified atom stereocenters. The normalized spacial score (nSPS) is 21.4. The molecule has 0 bridgehead atoms. The minimum absolute atomic E-state index is 0.0306. The minimum atomic E-state index is -0.281. The maximum Gasteiger partial charge on any atom is 0.228 e. The molecule has 3 amide bonds. The van der Waals surface area contributed by atoms with E-state index in [9.17, 15) is 14.4 Å². The van der Waals surface area contributed by atoms with Crippen LogP contribution in [0.1, 0.15) is 45.2 Å². The summed E-state index contributed by atoms with van der Waals surface area (Å²) in [6.07, 6.45) is 0.833. The molecular formula is C22H31N3O3. The Hall–Kier alpha value is -2.37. The Morgan fingerprint density at radius 3 is 2.21 bits per heavy atom. The highest BCUT2D eigenvalue weighted by Crippen LogP contribution is 2.29. The van der Waals surface area contributed by atoms with Crippen LogP contribution in [0, 0.1) is 11.8 Å². The summed E-state index contributed by atoms with van der Waals surface area (Å²) in [5.41, 5.74) is 1.08. The first-order valence-corrected chi connectivity index (χ1v) is 10.3. The van der Waals surface area contributed by atoms with Crippen LogP contribution in [-0.2, 0) is 14.4 Å². The minimum Gasteiger partial charge on any atom is -0.339 e. The Kier molecular flexibility index (Phi) is 6.37. The van der Waals surface area contributed by atoms with Gasteiger partial charge in [-0.2, -0.15) is 0 Å². The van der Waals surface area contributed by atoms with E-state index in [0.29, 0.717) is 45.1 Å². The van der Waals surface area contributed by atoms with Crippen molar-refractivity contribution >= 4 is 17.7 Å². The van der Waals surface area contributed by atoms with Crippen LogP contribution in [0.15, 0.2) is 30.3 Å².